The van der Waals surface area contributed by atoms with E-state index in [2.05, 4.69) is 13.8 Å². The van der Waals surface area contributed by atoms with Gasteiger partial charge in [0.2, 0.25) is 0 Å². The Hall–Kier alpha value is -1.25. The van der Waals surface area contributed by atoms with Crippen molar-refractivity contribution < 1.29 is 13.2 Å². The van der Waals surface area contributed by atoms with Gasteiger partial charge in [-0.05, 0) is 49.1 Å². The first-order valence-electron chi connectivity index (χ1n) is 6.12. The van der Waals surface area contributed by atoms with Gasteiger partial charge < -0.3 is 0 Å². The Labute approximate surface area is 106 Å². The highest BCUT2D eigenvalue weighted by Gasteiger charge is 2.38. The summed E-state index contributed by atoms with van der Waals surface area (Å²) in [6.07, 6.45) is -3.37. The molecule has 0 heterocycles. The van der Waals surface area contributed by atoms with Crippen LogP contribution in [0.3, 0.4) is 0 Å². The van der Waals surface area contributed by atoms with Gasteiger partial charge in [-0.15, -0.1) is 0 Å². The molecule has 3 heteroatoms. The fourth-order valence-corrected chi connectivity index (χ4v) is 2.79. The Morgan fingerprint density at radius 2 is 1.78 bits per heavy atom. The molecule has 0 fully saturated rings. The molecule has 1 aliphatic carbocycles. The van der Waals surface area contributed by atoms with E-state index in [1.165, 1.54) is 17.7 Å². The van der Waals surface area contributed by atoms with Gasteiger partial charge >= 0.3 is 6.18 Å². The Morgan fingerprint density at radius 1 is 1.17 bits per heavy atom. The van der Waals surface area contributed by atoms with Gasteiger partial charge in [-0.3, -0.25) is 0 Å². The predicted molar refractivity (Wildman–Crippen MR) is 67.4 cm³/mol. The maximum absolute atomic E-state index is 12.7. The van der Waals surface area contributed by atoms with Crippen molar-refractivity contribution >= 4 is 5.57 Å². The van der Waals surface area contributed by atoms with Gasteiger partial charge in [-0.2, -0.15) is 13.2 Å². The van der Waals surface area contributed by atoms with Crippen molar-refractivity contribution in [3.05, 3.63) is 40.5 Å². The fourth-order valence-electron chi connectivity index (χ4n) is 2.79. The summed E-state index contributed by atoms with van der Waals surface area (Å²) >= 11 is 0. The number of hydrogen-bond donors (Lipinski definition) is 0. The molecule has 18 heavy (non-hydrogen) atoms. The SMILES string of the molecule is CCC1(C)C(C)=C(C)c2cc(C(F)(F)F)ccc21. The molecule has 0 saturated carbocycles. The van der Waals surface area contributed by atoms with E-state index in [1.807, 2.05) is 13.8 Å². The molecule has 0 bridgehead atoms. The third-order valence-electron chi connectivity index (χ3n) is 4.44. The number of rotatable bonds is 1. The minimum Gasteiger partial charge on any atom is -0.166 e. The van der Waals surface area contributed by atoms with E-state index in [4.69, 9.17) is 0 Å². The van der Waals surface area contributed by atoms with Crippen LogP contribution in [0.5, 0.6) is 0 Å². The van der Waals surface area contributed by atoms with Gasteiger partial charge in [0.1, 0.15) is 0 Å². The van der Waals surface area contributed by atoms with Crippen molar-refractivity contribution in [3.63, 3.8) is 0 Å². The van der Waals surface area contributed by atoms with Gasteiger partial charge in [0.15, 0.2) is 0 Å². The van der Waals surface area contributed by atoms with Crippen LogP contribution in [0, 0.1) is 0 Å². The molecule has 1 atom stereocenters. The van der Waals surface area contributed by atoms with E-state index >= 15 is 0 Å². The molecular formula is C15H17F3. The van der Waals surface area contributed by atoms with Crippen molar-refractivity contribution in [2.24, 2.45) is 0 Å². The summed E-state index contributed by atoms with van der Waals surface area (Å²) in [5.74, 6) is 0. The molecule has 2 rings (SSSR count). The second-order valence-electron chi connectivity index (χ2n) is 5.19. The number of benzene rings is 1. The van der Waals surface area contributed by atoms with Crippen LogP contribution in [0.4, 0.5) is 13.2 Å². The summed E-state index contributed by atoms with van der Waals surface area (Å²) in [5, 5.41) is 0. The highest BCUT2D eigenvalue weighted by atomic mass is 19.4. The molecule has 0 amide bonds. The van der Waals surface area contributed by atoms with Gasteiger partial charge in [0.25, 0.3) is 0 Å². The Balaban J connectivity index is 2.65. The first-order valence-corrected chi connectivity index (χ1v) is 6.12. The predicted octanol–water partition coefficient (Wildman–Crippen LogP) is 5.18. The minimum absolute atomic E-state index is 0.121. The molecule has 1 aromatic rings. The minimum atomic E-state index is -4.27. The number of halogens is 3. The second-order valence-corrected chi connectivity index (χ2v) is 5.19. The van der Waals surface area contributed by atoms with Crippen molar-refractivity contribution in [1.29, 1.82) is 0 Å². The molecule has 0 radical (unpaired) electrons. The zero-order chi connectivity index (χ0) is 13.7. The Bertz CT molecular complexity index is 523. The summed E-state index contributed by atoms with van der Waals surface area (Å²) < 4.78 is 38.2. The third kappa shape index (κ3) is 1.68. The van der Waals surface area contributed by atoms with Gasteiger partial charge in [-0.1, -0.05) is 25.5 Å². The average molecular weight is 254 g/mol. The normalized spacial score (nSPS) is 23.5. The van der Waals surface area contributed by atoms with Crippen LogP contribution in [0.2, 0.25) is 0 Å². The van der Waals surface area contributed by atoms with E-state index in [-0.39, 0.29) is 5.41 Å². The fraction of sp³-hybridized carbons (Fsp3) is 0.467. The first-order chi connectivity index (χ1) is 8.21. The summed E-state index contributed by atoms with van der Waals surface area (Å²) in [6.45, 7) is 8.11. The maximum Gasteiger partial charge on any atom is 0.416 e. The third-order valence-corrected chi connectivity index (χ3v) is 4.44. The van der Waals surface area contributed by atoms with E-state index in [9.17, 15) is 13.2 Å². The summed E-state index contributed by atoms with van der Waals surface area (Å²) in [6, 6.07) is 4.12. The van der Waals surface area contributed by atoms with Crippen LogP contribution < -0.4 is 0 Å². The van der Waals surface area contributed by atoms with E-state index in [0.29, 0.717) is 0 Å². The lowest BCUT2D eigenvalue weighted by atomic mass is 9.77. The number of fused-ring (bicyclic) bond motifs is 1. The molecule has 1 aromatic carbocycles. The number of allylic oxidation sites excluding steroid dienone is 2. The quantitative estimate of drug-likeness (QED) is 0.647. The molecule has 0 N–H and O–H groups in total. The van der Waals surface area contributed by atoms with Gasteiger partial charge in [0.05, 0.1) is 5.56 Å². The number of hydrogen-bond acceptors (Lipinski definition) is 0. The lowest BCUT2D eigenvalue weighted by Crippen LogP contribution is -2.19. The lowest BCUT2D eigenvalue weighted by molar-refractivity contribution is -0.137. The molecule has 0 saturated heterocycles. The molecule has 0 aliphatic heterocycles. The van der Waals surface area contributed by atoms with Crippen LogP contribution in [0.1, 0.15) is 50.8 Å². The van der Waals surface area contributed by atoms with E-state index < -0.39 is 11.7 Å². The monoisotopic (exact) mass is 254 g/mol. The van der Waals surface area contributed by atoms with Crippen molar-refractivity contribution in [3.8, 4) is 0 Å². The first kappa shape index (κ1) is 13.2. The van der Waals surface area contributed by atoms with Crippen molar-refractivity contribution in [2.45, 2.75) is 45.7 Å². The molecule has 0 aromatic heterocycles. The second kappa shape index (κ2) is 3.87. The lowest BCUT2D eigenvalue weighted by Gasteiger charge is -2.26. The van der Waals surface area contributed by atoms with Crippen molar-refractivity contribution in [1.82, 2.24) is 0 Å². The average Bonchev–Trinajstić information content (AvgIpc) is 2.51. The standard InChI is InChI=1S/C15H17F3/c1-5-14(4)10(3)9(2)12-8-11(15(16,17)18)6-7-13(12)14/h6-8H,5H2,1-4H3. The van der Waals surface area contributed by atoms with Crippen molar-refractivity contribution in [2.75, 3.05) is 0 Å². The largest absolute Gasteiger partial charge is 0.416 e. The van der Waals surface area contributed by atoms with Crippen LogP contribution >= 0.6 is 0 Å². The highest BCUT2D eigenvalue weighted by Crippen LogP contribution is 2.49. The van der Waals surface area contributed by atoms with E-state index in [1.54, 1.807) is 6.07 Å². The highest BCUT2D eigenvalue weighted by molar-refractivity contribution is 5.79. The summed E-state index contributed by atoms with van der Waals surface area (Å²) in [4.78, 5) is 0. The molecule has 0 spiro atoms. The van der Waals surface area contributed by atoms with Gasteiger partial charge in [0, 0.05) is 5.41 Å². The molecule has 98 valence electrons. The van der Waals surface area contributed by atoms with Crippen LogP contribution in [0.15, 0.2) is 23.8 Å². The zero-order valence-corrected chi connectivity index (χ0v) is 11.1. The molecule has 1 unspecified atom stereocenters. The van der Waals surface area contributed by atoms with Gasteiger partial charge in [-0.25, -0.2) is 0 Å². The van der Waals surface area contributed by atoms with Crippen LogP contribution in [-0.2, 0) is 11.6 Å². The Kier molecular flexibility index (Phi) is 2.84. The summed E-state index contributed by atoms with van der Waals surface area (Å²) in [5.41, 5.74) is 3.26. The Morgan fingerprint density at radius 3 is 2.28 bits per heavy atom. The molecule has 1 aliphatic rings. The molecule has 0 nitrogen and oxygen atoms in total. The molecular weight excluding hydrogens is 237 g/mol. The zero-order valence-electron chi connectivity index (χ0n) is 11.1. The van der Waals surface area contributed by atoms with Crippen LogP contribution in [0.25, 0.3) is 5.57 Å². The number of alkyl halides is 3. The maximum atomic E-state index is 12.7. The smallest absolute Gasteiger partial charge is 0.166 e. The topological polar surface area (TPSA) is 0 Å². The van der Waals surface area contributed by atoms with Crippen LogP contribution in [-0.4, -0.2) is 0 Å². The van der Waals surface area contributed by atoms with E-state index in [0.717, 1.165) is 23.1 Å². The summed E-state index contributed by atoms with van der Waals surface area (Å²) in [7, 11) is 0.